The lowest BCUT2D eigenvalue weighted by molar-refractivity contribution is 0.496. The van der Waals surface area contributed by atoms with Crippen LogP contribution in [0.25, 0.3) is 0 Å². The molecule has 0 rings (SSSR count). The Labute approximate surface area is 105 Å². The topological polar surface area (TPSA) is 73.9 Å². The summed E-state index contributed by atoms with van der Waals surface area (Å²) in [5, 5.41) is 13.3. The third-order valence-corrected chi connectivity index (χ3v) is 2.47. The zero-order valence-electron chi connectivity index (χ0n) is 11.1. The molecule has 17 heavy (non-hydrogen) atoms. The van der Waals surface area contributed by atoms with Crippen molar-refractivity contribution in [1.82, 2.24) is 10.6 Å². The Morgan fingerprint density at radius 2 is 2.06 bits per heavy atom. The van der Waals surface area contributed by atoms with E-state index in [0.717, 1.165) is 37.9 Å². The lowest BCUT2D eigenvalue weighted by Crippen LogP contribution is -2.33. The van der Waals surface area contributed by atoms with Crippen LogP contribution in [-0.4, -0.2) is 18.5 Å². The Bertz CT molecular complexity index is 271. The van der Waals surface area contributed by atoms with Gasteiger partial charge in [0.1, 0.15) is 0 Å². The van der Waals surface area contributed by atoms with Crippen molar-refractivity contribution in [3.8, 4) is 0 Å². The van der Waals surface area contributed by atoms with Crippen LogP contribution in [0.2, 0.25) is 0 Å². The van der Waals surface area contributed by atoms with Gasteiger partial charge in [-0.2, -0.15) is 0 Å². The van der Waals surface area contributed by atoms with Gasteiger partial charge in [-0.15, -0.1) is 6.58 Å². The molecule has 4 heteroatoms. The highest BCUT2D eigenvalue weighted by molar-refractivity contribution is 5.74. The van der Waals surface area contributed by atoms with Gasteiger partial charge in [-0.3, -0.25) is 5.41 Å². The zero-order valence-corrected chi connectivity index (χ0v) is 11.1. The molecule has 0 radical (unpaired) electrons. The molecule has 98 valence electrons. The largest absolute Gasteiger partial charge is 0.386 e. The first kappa shape index (κ1) is 15.6. The Morgan fingerprint density at radius 3 is 2.53 bits per heavy atom. The SMILES string of the molecule is C=C(C)CC(CCCNC(=N)N)NC(=C)CC. The summed E-state index contributed by atoms with van der Waals surface area (Å²) >= 11 is 0. The summed E-state index contributed by atoms with van der Waals surface area (Å²) in [6.07, 6.45) is 3.89. The van der Waals surface area contributed by atoms with E-state index < -0.39 is 0 Å². The number of hydrogen-bond donors (Lipinski definition) is 4. The van der Waals surface area contributed by atoms with Crippen LogP contribution >= 0.6 is 0 Å². The Kier molecular flexibility index (Phi) is 7.93. The third kappa shape index (κ3) is 9.48. The fourth-order valence-corrected chi connectivity index (χ4v) is 1.61. The summed E-state index contributed by atoms with van der Waals surface area (Å²) in [6, 6.07) is 0.383. The van der Waals surface area contributed by atoms with Crippen molar-refractivity contribution in [2.24, 2.45) is 5.73 Å². The van der Waals surface area contributed by atoms with Gasteiger partial charge in [-0.1, -0.05) is 19.1 Å². The maximum atomic E-state index is 7.06. The Hall–Kier alpha value is -1.45. The van der Waals surface area contributed by atoms with Gasteiger partial charge in [0.25, 0.3) is 0 Å². The minimum absolute atomic E-state index is 0.0346. The van der Waals surface area contributed by atoms with Crippen molar-refractivity contribution in [2.45, 2.75) is 45.6 Å². The van der Waals surface area contributed by atoms with Gasteiger partial charge < -0.3 is 16.4 Å². The normalized spacial score (nSPS) is 11.6. The predicted molar refractivity (Wildman–Crippen MR) is 74.9 cm³/mol. The van der Waals surface area contributed by atoms with Gasteiger partial charge in [0.15, 0.2) is 5.96 Å². The molecule has 1 unspecified atom stereocenters. The van der Waals surface area contributed by atoms with Gasteiger partial charge in [0.05, 0.1) is 0 Å². The van der Waals surface area contributed by atoms with Gasteiger partial charge >= 0.3 is 0 Å². The van der Waals surface area contributed by atoms with Crippen molar-refractivity contribution in [2.75, 3.05) is 6.54 Å². The number of allylic oxidation sites excluding steroid dienone is 1. The third-order valence-electron chi connectivity index (χ3n) is 2.47. The van der Waals surface area contributed by atoms with Gasteiger partial charge in [-0.05, 0) is 32.6 Å². The molecule has 0 saturated heterocycles. The van der Waals surface area contributed by atoms with Gasteiger partial charge in [-0.25, -0.2) is 0 Å². The van der Waals surface area contributed by atoms with E-state index in [9.17, 15) is 0 Å². The van der Waals surface area contributed by atoms with Crippen molar-refractivity contribution in [1.29, 1.82) is 5.41 Å². The molecule has 0 aromatic heterocycles. The van der Waals surface area contributed by atoms with Crippen LogP contribution in [0, 0.1) is 5.41 Å². The summed E-state index contributed by atoms with van der Waals surface area (Å²) < 4.78 is 0. The Morgan fingerprint density at radius 1 is 1.41 bits per heavy atom. The second kappa shape index (κ2) is 8.67. The van der Waals surface area contributed by atoms with E-state index in [-0.39, 0.29) is 5.96 Å². The molecule has 0 aromatic carbocycles. The summed E-state index contributed by atoms with van der Waals surface area (Å²) in [4.78, 5) is 0. The maximum Gasteiger partial charge on any atom is 0.185 e. The fraction of sp³-hybridized carbons (Fsp3) is 0.615. The molecule has 5 N–H and O–H groups in total. The highest BCUT2D eigenvalue weighted by Gasteiger charge is 2.08. The maximum absolute atomic E-state index is 7.06. The summed E-state index contributed by atoms with van der Waals surface area (Å²) in [5.74, 6) is 0.0346. The van der Waals surface area contributed by atoms with Crippen LogP contribution in [0.15, 0.2) is 24.4 Å². The molecule has 0 saturated carbocycles. The first-order valence-electron chi connectivity index (χ1n) is 6.12. The average Bonchev–Trinajstić information content (AvgIpc) is 2.22. The van der Waals surface area contributed by atoms with E-state index in [1.807, 2.05) is 6.92 Å². The van der Waals surface area contributed by atoms with Crippen molar-refractivity contribution in [3.63, 3.8) is 0 Å². The highest BCUT2D eigenvalue weighted by Crippen LogP contribution is 2.10. The summed E-state index contributed by atoms with van der Waals surface area (Å²) in [6.45, 7) is 12.8. The van der Waals surface area contributed by atoms with E-state index in [4.69, 9.17) is 11.1 Å². The van der Waals surface area contributed by atoms with E-state index in [1.165, 1.54) is 5.57 Å². The molecular formula is C13H26N4. The molecule has 0 amide bonds. The molecule has 0 heterocycles. The molecule has 0 aliphatic carbocycles. The van der Waals surface area contributed by atoms with Crippen LogP contribution in [0.5, 0.6) is 0 Å². The fourth-order valence-electron chi connectivity index (χ4n) is 1.61. The van der Waals surface area contributed by atoms with Crippen LogP contribution < -0.4 is 16.4 Å². The zero-order chi connectivity index (χ0) is 13.3. The first-order valence-corrected chi connectivity index (χ1v) is 6.12. The van der Waals surface area contributed by atoms with E-state index in [0.29, 0.717) is 6.04 Å². The van der Waals surface area contributed by atoms with Crippen molar-refractivity contribution < 1.29 is 0 Å². The van der Waals surface area contributed by atoms with E-state index >= 15 is 0 Å². The van der Waals surface area contributed by atoms with Crippen molar-refractivity contribution in [3.05, 3.63) is 24.4 Å². The van der Waals surface area contributed by atoms with Gasteiger partial charge in [0, 0.05) is 18.3 Å². The number of hydrogen-bond acceptors (Lipinski definition) is 2. The smallest absolute Gasteiger partial charge is 0.185 e. The average molecular weight is 238 g/mol. The number of rotatable bonds is 9. The van der Waals surface area contributed by atoms with Crippen LogP contribution in [0.4, 0.5) is 0 Å². The lowest BCUT2D eigenvalue weighted by atomic mass is 10.0. The predicted octanol–water partition coefficient (Wildman–Crippen LogP) is 2.10. The van der Waals surface area contributed by atoms with Crippen LogP contribution in [0.3, 0.4) is 0 Å². The molecule has 0 aliphatic heterocycles. The summed E-state index contributed by atoms with van der Waals surface area (Å²) in [5.41, 5.74) is 7.46. The Balaban J connectivity index is 3.97. The second-order valence-corrected chi connectivity index (χ2v) is 4.44. The molecule has 0 bridgehead atoms. The van der Waals surface area contributed by atoms with Crippen LogP contribution in [0.1, 0.15) is 39.5 Å². The quantitative estimate of drug-likeness (QED) is 0.215. The summed E-state index contributed by atoms with van der Waals surface area (Å²) in [7, 11) is 0. The number of guanidine groups is 1. The monoisotopic (exact) mass is 238 g/mol. The molecule has 0 fully saturated rings. The minimum atomic E-state index is 0.0346. The molecule has 0 aliphatic rings. The highest BCUT2D eigenvalue weighted by atomic mass is 15.0. The molecule has 1 atom stereocenters. The molecule has 0 spiro atoms. The van der Waals surface area contributed by atoms with E-state index in [2.05, 4.69) is 30.7 Å². The second-order valence-electron chi connectivity index (χ2n) is 4.44. The molecule has 4 nitrogen and oxygen atoms in total. The minimum Gasteiger partial charge on any atom is -0.386 e. The number of nitrogens with one attached hydrogen (secondary N) is 3. The number of nitrogens with two attached hydrogens (primary N) is 1. The van der Waals surface area contributed by atoms with Crippen LogP contribution in [-0.2, 0) is 0 Å². The molecule has 0 aromatic rings. The van der Waals surface area contributed by atoms with E-state index in [1.54, 1.807) is 0 Å². The van der Waals surface area contributed by atoms with Crippen molar-refractivity contribution >= 4 is 5.96 Å². The lowest BCUT2D eigenvalue weighted by Gasteiger charge is -2.21. The van der Waals surface area contributed by atoms with Gasteiger partial charge in [0.2, 0.25) is 0 Å². The first-order chi connectivity index (χ1) is 7.95. The standard InChI is InChI=1S/C13H26N4/c1-5-11(4)17-12(9-10(2)3)7-6-8-16-13(14)15/h12,17H,2,4-9H2,1,3H3,(H4,14,15,16). The molecular weight excluding hydrogens is 212 g/mol.